The molecule has 0 aliphatic rings. The Kier molecular flexibility index (Phi) is 5.00. The topological polar surface area (TPSA) is 21.3 Å². The van der Waals surface area contributed by atoms with Crippen LogP contribution in [-0.4, -0.2) is 6.54 Å². The van der Waals surface area contributed by atoms with Crippen LogP contribution in [0.25, 0.3) is 0 Å². The summed E-state index contributed by atoms with van der Waals surface area (Å²) in [6.45, 7) is 6.04. The van der Waals surface area contributed by atoms with Crippen LogP contribution in [0.2, 0.25) is 0 Å². The maximum absolute atomic E-state index is 5.83. The molecule has 2 aromatic rings. The molecule has 0 saturated carbocycles. The predicted octanol–water partition coefficient (Wildman–Crippen LogP) is 4.66. The summed E-state index contributed by atoms with van der Waals surface area (Å²) in [5, 5.41) is 3.30. The molecule has 0 fully saturated rings. The van der Waals surface area contributed by atoms with Crippen LogP contribution < -0.4 is 10.1 Å². The summed E-state index contributed by atoms with van der Waals surface area (Å²) in [6.07, 6.45) is 0. The van der Waals surface area contributed by atoms with Crippen LogP contribution in [0, 0.1) is 6.92 Å². The van der Waals surface area contributed by atoms with Crippen LogP contribution in [0.5, 0.6) is 11.5 Å². The maximum atomic E-state index is 5.83. The van der Waals surface area contributed by atoms with E-state index in [1.54, 1.807) is 0 Å². The summed E-state index contributed by atoms with van der Waals surface area (Å²) in [5.41, 5.74) is 2.43. The molecule has 2 rings (SSSR count). The van der Waals surface area contributed by atoms with Gasteiger partial charge >= 0.3 is 0 Å². The molecule has 0 amide bonds. The summed E-state index contributed by atoms with van der Waals surface area (Å²) in [6, 6.07) is 14.2. The van der Waals surface area contributed by atoms with Gasteiger partial charge in [0.15, 0.2) is 0 Å². The Morgan fingerprint density at radius 3 is 2.37 bits per heavy atom. The van der Waals surface area contributed by atoms with Gasteiger partial charge in [0.2, 0.25) is 0 Å². The Balaban J connectivity index is 2.04. The highest BCUT2D eigenvalue weighted by molar-refractivity contribution is 9.10. The Morgan fingerprint density at radius 2 is 1.74 bits per heavy atom. The lowest BCUT2D eigenvalue weighted by Crippen LogP contribution is -2.11. The number of hydrogen-bond acceptors (Lipinski definition) is 2. The van der Waals surface area contributed by atoms with Crippen molar-refractivity contribution in [3.05, 3.63) is 58.1 Å². The van der Waals surface area contributed by atoms with Gasteiger partial charge in [0, 0.05) is 11.0 Å². The monoisotopic (exact) mass is 319 g/mol. The van der Waals surface area contributed by atoms with E-state index in [4.69, 9.17) is 4.74 Å². The van der Waals surface area contributed by atoms with Crippen LogP contribution in [0.4, 0.5) is 0 Å². The highest BCUT2D eigenvalue weighted by atomic mass is 79.9. The predicted molar refractivity (Wildman–Crippen MR) is 82.8 cm³/mol. The summed E-state index contributed by atoms with van der Waals surface area (Å²) in [7, 11) is 0. The molecule has 2 aromatic carbocycles. The van der Waals surface area contributed by atoms with Gasteiger partial charge in [-0.3, -0.25) is 0 Å². The number of aryl methyl sites for hydroxylation is 1. The van der Waals surface area contributed by atoms with E-state index in [1.807, 2.05) is 30.3 Å². The van der Waals surface area contributed by atoms with Crippen LogP contribution in [0.15, 0.2) is 46.9 Å². The second kappa shape index (κ2) is 6.73. The van der Waals surface area contributed by atoms with Gasteiger partial charge in [-0.05, 0) is 54.9 Å². The first-order chi connectivity index (χ1) is 9.19. The lowest BCUT2D eigenvalue weighted by atomic mass is 10.2. The lowest BCUT2D eigenvalue weighted by molar-refractivity contribution is 0.482. The summed E-state index contributed by atoms with van der Waals surface area (Å²) in [4.78, 5) is 0. The van der Waals surface area contributed by atoms with Crippen molar-refractivity contribution in [3.63, 3.8) is 0 Å². The van der Waals surface area contributed by atoms with Gasteiger partial charge in [-0.15, -0.1) is 0 Å². The van der Waals surface area contributed by atoms with Crippen LogP contribution in [0.3, 0.4) is 0 Å². The first-order valence-corrected chi connectivity index (χ1v) is 7.22. The SMILES string of the molecule is CCNCc1ccc(Oc2ccc(Br)c(C)c2)cc1. The highest BCUT2D eigenvalue weighted by Gasteiger charge is 2.00. The standard InChI is InChI=1S/C16H18BrNO/c1-3-18-11-13-4-6-14(7-5-13)19-15-8-9-16(17)12(2)10-15/h4-10,18H,3,11H2,1-2H3. The van der Waals surface area contributed by atoms with Crippen LogP contribution in [-0.2, 0) is 6.54 Å². The van der Waals surface area contributed by atoms with E-state index in [2.05, 4.69) is 47.2 Å². The van der Waals surface area contributed by atoms with Crippen LogP contribution >= 0.6 is 15.9 Å². The van der Waals surface area contributed by atoms with Crippen molar-refractivity contribution in [2.24, 2.45) is 0 Å². The molecule has 0 unspecified atom stereocenters. The fourth-order valence-corrected chi connectivity index (χ4v) is 2.01. The van der Waals surface area contributed by atoms with Gasteiger partial charge < -0.3 is 10.1 Å². The van der Waals surface area contributed by atoms with Crippen molar-refractivity contribution >= 4 is 15.9 Å². The molecular weight excluding hydrogens is 302 g/mol. The molecule has 0 heterocycles. The number of ether oxygens (including phenoxy) is 1. The highest BCUT2D eigenvalue weighted by Crippen LogP contribution is 2.26. The zero-order valence-electron chi connectivity index (χ0n) is 11.2. The van der Waals surface area contributed by atoms with Crippen molar-refractivity contribution in [2.75, 3.05) is 6.54 Å². The minimum Gasteiger partial charge on any atom is -0.457 e. The molecule has 2 nitrogen and oxygen atoms in total. The van der Waals surface area contributed by atoms with E-state index >= 15 is 0 Å². The third kappa shape index (κ3) is 4.08. The minimum atomic E-state index is 0.861. The smallest absolute Gasteiger partial charge is 0.127 e. The number of nitrogens with one attached hydrogen (secondary N) is 1. The number of hydrogen-bond donors (Lipinski definition) is 1. The van der Waals surface area contributed by atoms with Gasteiger partial charge in [-0.1, -0.05) is 35.0 Å². The van der Waals surface area contributed by atoms with Crippen molar-refractivity contribution < 1.29 is 4.74 Å². The Labute approximate surface area is 122 Å². The molecular formula is C16H18BrNO. The van der Waals surface area contributed by atoms with Crippen molar-refractivity contribution in [1.29, 1.82) is 0 Å². The van der Waals surface area contributed by atoms with Gasteiger partial charge in [-0.25, -0.2) is 0 Å². The normalized spacial score (nSPS) is 10.5. The second-order valence-corrected chi connectivity index (χ2v) is 5.29. The fraction of sp³-hybridized carbons (Fsp3) is 0.250. The van der Waals surface area contributed by atoms with Gasteiger partial charge in [-0.2, -0.15) is 0 Å². The molecule has 0 radical (unpaired) electrons. The van der Waals surface area contributed by atoms with E-state index < -0.39 is 0 Å². The van der Waals surface area contributed by atoms with E-state index in [1.165, 1.54) is 11.1 Å². The zero-order chi connectivity index (χ0) is 13.7. The van der Waals surface area contributed by atoms with E-state index in [0.29, 0.717) is 0 Å². The number of rotatable bonds is 5. The quantitative estimate of drug-likeness (QED) is 0.865. The molecule has 3 heteroatoms. The largest absolute Gasteiger partial charge is 0.457 e. The molecule has 0 aliphatic carbocycles. The van der Waals surface area contributed by atoms with Crippen LogP contribution in [0.1, 0.15) is 18.1 Å². The zero-order valence-corrected chi connectivity index (χ0v) is 12.8. The van der Waals surface area contributed by atoms with E-state index in [9.17, 15) is 0 Å². The third-order valence-corrected chi connectivity index (χ3v) is 3.76. The average Bonchev–Trinajstić information content (AvgIpc) is 2.42. The molecule has 100 valence electrons. The van der Waals surface area contributed by atoms with Crippen molar-refractivity contribution in [2.45, 2.75) is 20.4 Å². The summed E-state index contributed by atoms with van der Waals surface area (Å²) < 4.78 is 6.93. The summed E-state index contributed by atoms with van der Waals surface area (Å²) in [5.74, 6) is 1.72. The fourth-order valence-electron chi connectivity index (χ4n) is 1.76. The Bertz CT molecular complexity index is 537. The molecule has 19 heavy (non-hydrogen) atoms. The Hall–Kier alpha value is -1.32. The molecule has 0 spiro atoms. The maximum Gasteiger partial charge on any atom is 0.127 e. The van der Waals surface area contributed by atoms with Crippen molar-refractivity contribution in [1.82, 2.24) is 5.32 Å². The Morgan fingerprint density at radius 1 is 1.05 bits per heavy atom. The molecule has 0 aliphatic heterocycles. The van der Waals surface area contributed by atoms with E-state index in [0.717, 1.165) is 29.1 Å². The number of benzene rings is 2. The van der Waals surface area contributed by atoms with Gasteiger partial charge in [0.05, 0.1) is 0 Å². The van der Waals surface area contributed by atoms with Crippen molar-refractivity contribution in [3.8, 4) is 11.5 Å². The first kappa shape index (κ1) is 14.1. The lowest BCUT2D eigenvalue weighted by Gasteiger charge is -2.08. The molecule has 0 aromatic heterocycles. The third-order valence-electron chi connectivity index (χ3n) is 2.87. The number of halogens is 1. The average molecular weight is 320 g/mol. The molecule has 0 bridgehead atoms. The first-order valence-electron chi connectivity index (χ1n) is 6.42. The molecule has 1 N–H and O–H groups in total. The van der Waals surface area contributed by atoms with Gasteiger partial charge in [0.25, 0.3) is 0 Å². The summed E-state index contributed by atoms with van der Waals surface area (Å²) >= 11 is 3.49. The molecule has 0 saturated heterocycles. The van der Waals surface area contributed by atoms with Gasteiger partial charge in [0.1, 0.15) is 11.5 Å². The molecule has 0 atom stereocenters. The minimum absolute atomic E-state index is 0.861. The van der Waals surface area contributed by atoms with E-state index in [-0.39, 0.29) is 0 Å². The second-order valence-electron chi connectivity index (χ2n) is 4.44.